The molecule has 1 aromatic heterocycles. The molecule has 0 aromatic carbocycles. The Kier molecular flexibility index (Phi) is 2.93. The van der Waals surface area contributed by atoms with Gasteiger partial charge >= 0.3 is 5.97 Å². The second kappa shape index (κ2) is 4.57. The summed E-state index contributed by atoms with van der Waals surface area (Å²) < 4.78 is 0. The van der Waals surface area contributed by atoms with E-state index < -0.39 is 11.5 Å². The molecule has 1 aromatic rings. The highest BCUT2D eigenvalue weighted by atomic mass is 32.1. The van der Waals surface area contributed by atoms with E-state index in [0.29, 0.717) is 18.4 Å². The van der Waals surface area contributed by atoms with E-state index in [0.717, 1.165) is 37.5 Å². The summed E-state index contributed by atoms with van der Waals surface area (Å²) in [6.45, 7) is 0.701. The standard InChI is InChI=1S/C16H21NO2S/c18-15(19)16(17-9-14-2-1-3-20-14)12-5-10-4-11(7-12)8-13(16)6-10/h1-3,10-13,17H,4-9H2,(H,18,19). The van der Waals surface area contributed by atoms with Crippen molar-refractivity contribution in [2.45, 2.75) is 44.2 Å². The van der Waals surface area contributed by atoms with Crippen LogP contribution in [0.1, 0.15) is 37.0 Å². The van der Waals surface area contributed by atoms with E-state index in [1.54, 1.807) is 11.3 Å². The number of thiophene rings is 1. The van der Waals surface area contributed by atoms with Gasteiger partial charge in [0.2, 0.25) is 0 Å². The molecule has 4 heteroatoms. The quantitative estimate of drug-likeness (QED) is 0.896. The van der Waals surface area contributed by atoms with Crippen molar-refractivity contribution in [2.75, 3.05) is 0 Å². The molecule has 2 N–H and O–H groups in total. The second-order valence-corrected chi connectivity index (χ2v) is 7.94. The average Bonchev–Trinajstić information content (AvgIpc) is 2.90. The van der Waals surface area contributed by atoms with Gasteiger partial charge < -0.3 is 5.11 Å². The third-order valence-corrected chi connectivity index (χ3v) is 6.79. The highest BCUT2D eigenvalue weighted by molar-refractivity contribution is 7.09. The molecule has 0 atom stereocenters. The number of nitrogens with one attached hydrogen (secondary N) is 1. The van der Waals surface area contributed by atoms with Gasteiger partial charge in [-0.15, -0.1) is 11.3 Å². The van der Waals surface area contributed by atoms with Gasteiger partial charge in [0, 0.05) is 11.4 Å². The molecule has 0 amide bonds. The minimum Gasteiger partial charge on any atom is -0.480 e. The Labute approximate surface area is 123 Å². The molecule has 4 fully saturated rings. The van der Waals surface area contributed by atoms with Gasteiger partial charge in [0.1, 0.15) is 5.54 Å². The molecule has 0 aliphatic heterocycles. The fourth-order valence-electron chi connectivity index (χ4n) is 5.29. The van der Waals surface area contributed by atoms with Crippen LogP contribution < -0.4 is 5.32 Å². The van der Waals surface area contributed by atoms with Gasteiger partial charge in [-0.05, 0) is 67.2 Å². The summed E-state index contributed by atoms with van der Waals surface area (Å²) in [5, 5.41) is 15.5. The van der Waals surface area contributed by atoms with Crippen molar-refractivity contribution in [1.82, 2.24) is 5.32 Å². The van der Waals surface area contributed by atoms with E-state index in [9.17, 15) is 9.90 Å². The third-order valence-electron chi connectivity index (χ3n) is 5.92. The van der Waals surface area contributed by atoms with Crippen molar-refractivity contribution >= 4 is 17.3 Å². The maximum Gasteiger partial charge on any atom is 0.324 e. The normalized spacial score (nSPS) is 42.0. The van der Waals surface area contributed by atoms with Crippen LogP contribution in [0.3, 0.4) is 0 Å². The number of aliphatic carboxylic acids is 1. The number of carboxylic acids is 1. The van der Waals surface area contributed by atoms with Gasteiger partial charge in [0.15, 0.2) is 0 Å². The number of carboxylic acid groups (broad SMARTS) is 1. The molecule has 0 radical (unpaired) electrons. The summed E-state index contributed by atoms with van der Waals surface area (Å²) >= 11 is 1.70. The number of hydrogen-bond donors (Lipinski definition) is 2. The van der Waals surface area contributed by atoms with Gasteiger partial charge in [-0.25, -0.2) is 0 Å². The lowest BCUT2D eigenvalue weighted by atomic mass is 9.48. The highest BCUT2D eigenvalue weighted by Crippen LogP contribution is 2.58. The van der Waals surface area contributed by atoms with Crippen molar-refractivity contribution in [3.05, 3.63) is 22.4 Å². The molecule has 20 heavy (non-hydrogen) atoms. The molecule has 5 rings (SSSR count). The Hall–Kier alpha value is -0.870. The molecular weight excluding hydrogens is 270 g/mol. The summed E-state index contributed by atoms with van der Waals surface area (Å²) in [6.07, 6.45) is 5.84. The molecule has 108 valence electrons. The molecular formula is C16H21NO2S. The molecule has 3 nitrogen and oxygen atoms in total. The Morgan fingerprint density at radius 2 is 1.90 bits per heavy atom. The van der Waals surface area contributed by atoms with E-state index in [-0.39, 0.29) is 0 Å². The van der Waals surface area contributed by atoms with Crippen LogP contribution in [0, 0.1) is 23.7 Å². The van der Waals surface area contributed by atoms with E-state index >= 15 is 0 Å². The Morgan fingerprint density at radius 1 is 1.25 bits per heavy atom. The summed E-state index contributed by atoms with van der Waals surface area (Å²) in [5.41, 5.74) is -0.655. The van der Waals surface area contributed by atoms with Crippen molar-refractivity contribution in [1.29, 1.82) is 0 Å². The SMILES string of the molecule is O=C(O)C1(NCc2cccs2)C2CC3CC(C2)CC1C3. The minimum atomic E-state index is -0.655. The molecule has 4 saturated carbocycles. The van der Waals surface area contributed by atoms with Crippen LogP contribution in [0.15, 0.2) is 17.5 Å². The van der Waals surface area contributed by atoms with Crippen molar-refractivity contribution in [3.63, 3.8) is 0 Å². The van der Waals surface area contributed by atoms with E-state index in [2.05, 4.69) is 16.8 Å². The van der Waals surface area contributed by atoms with Crippen LogP contribution >= 0.6 is 11.3 Å². The zero-order valence-corrected chi connectivity index (χ0v) is 12.4. The van der Waals surface area contributed by atoms with Crippen LogP contribution in [0.2, 0.25) is 0 Å². The third kappa shape index (κ3) is 1.77. The van der Waals surface area contributed by atoms with Crippen LogP contribution in [-0.2, 0) is 11.3 Å². The average molecular weight is 291 g/mol. The number of hydrogen-bond acceptors (Lipinski definition) is 3. The van der Waals surface area contributed by atoms with Crippen LogP contribution in [0.25, 0.3) is 0 Å². The minimum absolute atomic E-state index is 0.344. The van der Waals surface area contributed by atoms with Gasteiger partial charge in [0.25, 0.3) is 0 Å². The molecule has 4 aliphatic carbocycles. The zero-order valence-electron chi connectivity index (χ0n) is 11.5. The maximum absolute atomic E-state index is 12.1. The number of carbonyl (C=O) groups is 1. The first kappa shape index (κ1) is 12.8. The Balaban J connectivity index is 1.61. The number of rotatable bonds is 4. The van der Waals surface area contributed by atoms with Gasteiger partial charge in [-0.1, -0.05) is 6.07 Å². The van der Waals surface area contributed by atoms with Gasteiger partial charge in [-0.3, -0.25) is 10.1 Å². The van der Waals surface area contributed by atoms with Crippen molar-refractivity contribution in [3.8, 4) is 0 Å². The monoisotopic (exact) mass is 291 g/mol. The molecule has 4 aliphatic rings. The van der Waals surface area contributed by atoms with Crippen molar-refractivity contribution < 1.29 is 9.90 Å². The van der Waals surface area contributed by atoms with E-state index in [1.807, 2.05) is 6.07 Å². The maximum atomic E-state index is 12.1. The summed E-state index contributed by atoms with van der Waals surface area (Å²) in [5.74, 6) is 1.68. The first-order valence-electron chi connectivity index (χ1n) is 7.69. The lowest BCUT2D eigenvalue weighted by Crippen LogP contribution is -2.68. The lowest BCUT2D eigenvalue weighted by Gasteiger charge is -2.59. The summed E-state index contributed by atoms with van der Waals surface area (Å²) in [4.78, 5) is 13.3. The van der Waals surface area contributed by atoms with Gasteiger partial charge in [-0.2, -0.15) is 0 Å². The van der Waals surface area contributed by atoms with Crippen LogP contribution in [0.5, 0.6) is 0 Å². The van der Waals surface area contributed by atoms with Gasteiger partial charge in [0.05, 0.1) is 0 Å². The van der Waals surface area contributed by atoms with E-state index in [4.69, 9.17) is 0 Å². The molecule has 0 unspecified atom stereocenters. The molecule has 0 saturated heterocycles. The first-order chi connectivity index (χ1) is 9.68. The smallest absolute Gasteiger partial charge is 0.324 e. The summed E-state index contributed by atoms with van der Waals surface area (Å²) in [7, 11) is 0. The fraction of sp³-hybridized carbons (Fsp3) is 0.688. The molecule has 1 heterocycles. The zero-order chi connectivity index (χ0) is 13.7. The predicted molar refractivity (Wildman–Crippen MR) is 78.6 cm³/mol. The largest absolute Gasteiger partial charge is 0.480 e. The van der Waals surface area contributed by atoms with Crippen molar-refractivity contribution in [2.24, 2.45) is 23.7 Å². The fourth-order valence-corrected chi connectivity index (χ4v) is 5.93. The highest BCUT2D eigenvalue weighted by Gasteiger charge is 2.61. The van der Waals surface area contributed by atoms with E-state index in [1.165, 1.54) is 11.3 Å². The predicted octanol–water partition coefficient (Wildman–Crippen LogP) is 3.12. The molecule has 0 spiro atoms. The first-order valence-corrected chi connectivity index (χ1v) is 8.57. The van der Waals surface area contributed by atoms with Crippen LogP contribution in [-0.4, -0.2) is 16.6 Å². The second-order valence-electron chi connectivity index (χ2n) is 6.91. The Morgan fingerprint density at radius 3 is 2.40 bits per heavy atom. The topological polar surface area (TPSA) is 49.3 Å². The van der Waals surface area contributed by atoms with Crippen LogP contribution in [0.4, 0.5) is 0 Å². The summed E-state index contributed by atoms with van der Waals surface area (Å²) in [6, 6.07) is 4.12. The molecule has 4 bridgehead atoms. The lowest BCUT2D eigenvalue weighted by molar-refractivity contribution is -0.164. The Bertz CT molecular complexity index is 483.